The lowest BCUT2D eigenvalue weighted by Crippen LogP contribution is -2.33. The van der Waals surface area contributed by atoms with Crippen molar-refractivity contribution in [3.05, 3.63) is 34.7 Å². The summed E-state index contributed by atoms with van der Waals surface area (Å²) in [6, 6.07) is 8.58. The number of aryl methyl sites for hydroxylation is 1. The van der Waals surface area contributed by atoms with Crippen molar-refractivity contribution in [2.45, 2.75) is 13.0 Å². The lowest BCUT2D eigenvalue weighted by atomic mass is 10.1. The van der Waals surface area contributed by atoms with Crippen molar-refractivity contribution in [2.24, 2.45) is 0 Å². The van der Waals surface area contributed by atoms with Crippen molar-refractivity contribution in [2.75, 3.05) is 19.7 Å². The van der Waals surface area contributed by atoms with Gasteiger partial charge in [-0.2, -0.15) is 0 Å². The van der Waals surface area contributed by atoms with E-state index in [1.165, 1.54) is 20.5 Å². The van der Waals surface area contributed by atoms with E-state index in [2.05, 4.69) is 36.5 Å². The maximum atomic E-state index is 5.82. The molecule has 0 bridgehead atoms. The predicted molar refractivity (Wildman–Crippen MR) is 68.1 cm³/mol. The zero-order valence-electron chi connectivity index (χ0n) is 9.32. The molecule has 1 unspecified atom stereocenters. The summed E-state index contributed by atoms with van der Waals surface area (Å²) in [5, 5.41) is 4.76. The fourth-order valence-corrected chi connectivity index (χ4v) is 3.49. The van der Waals surface area contributed by atoms with Gasteiger partial charge in [-0.25, -0.2) is 0 Å². The van der Waals surface area contributed by atoms with Crippen LogP contribution in [0.4, 0.5) is 0 Å². The quantitative estimate of drug-likeness (QED) is 0.817. The van der Waals surface area contributed by atoms with E-state index in [1.807, 2.05) is 11.3 Å². The largest absolute Gasteiger partial charge is 0.370 e. The summed E-state index contributed by atoms with van der Waals surface area (Å²) >= 11 is 1.87. The van der Waals surface area contributed by atoms with E-state index in [-0.39, 0.29) is 6.10 Å². The molecular weight excluding hydrogens is 218 g/mol. The highest BCUT2D eigenvalue weighted by molar-refractivity contribution is 7.19. The standard InChI is InChI=1S/C13H15NOS/c1-9-10-4-2-3-5-12(10)16-13(9)11-8-14-6-7-15-11/h2-5,11,14H,6-8H2,1H3. The zero-order valence-corrected chi connectivity index (χ0v) is 10.1. The molecule has 3 heteroatoms. The number of hydrogen-bond donors (Lipinski definition) is 1. The van der Waals surface area contributed by atoms with Crippen molar-refractivity contribution < 1.29 is 4.74 Å². The molecule has 1 saturated heterocycles. The first-order chi connectivity index (χ1) is 7.86. The first-order valence-electron chi connectivity index (χ1n) is 5.66. The molecule has 0 saturated carbocycles. The smallest absolute Gasteiger partial charge is 0.104 e. The fraction of sp³-hybridized carbons (Fsp3) is 0.385. The Kier molecular flexibility index (Phi) is 2.67. The third-order valence-corrected chi connectivity index (χ3v) is 4.47. The van der Waals surface area contributed by atoms with Crippen LogP contribution in [-0.4, -0.2) is 19.7 Å². The van der Waals surface area contributed by atoms with E-state index in [1.54, 1.807) is 0 Å². The highest BCUT2D eigenvalue weighted by atomic mass is 32.1. The van der Waals surface area contributed by atoms with Crippen LogP contribution in [0.15, 0.2) is 24.3 Å². The molecule has 0 amide bonds. The normalized spacial score (nSPS) is 21.4. The van der Waals surface area contributed by atoms with Crippen LogP contribution in [0.3, 0.4) is 0 Å². The summed E-state index contributed by atoms with van der Waals surface area (Å²) in [5.41, 5.74) is 1.38. The van der Waals surface area contributed by atoms with Gasteiger partial charge in [0.05, 0.1) is 6.61 Å². The molecule has 1 fully saturated rings. The van der Waals surface area contributed by atoms with E-state index in [0.29, 0.717) is 0 Å². The van der Waals surface area contributed by atoms with Gasteiger partial charge in [-0.05, 0) is 23.9 Å². The summed E-state index contributed by atoms with van der Waals surface area (Å²) in [6.45, 7) is 4.93. The highest BCUT2D eigenvalue weighted by Gasteiger charge is 2.20. The molecule has 1 aromatic heterocycles. The molecule has 2 nitrogen and oxygen atoms in total. The van der Waals surface area contributed by atoms with Crippen LogP contribution < -0.4 is 5.32 Å². The van der Waals surface area contributed by atoms with E-state index < -0.39 is 0 Å². The molecule has 2 heterocycles. The molecule has 3 rings (SSSR count). The number of ether oxygens (including phenoxy) is 1. The molecule has 0 spiro atoms. The lowest BCUT2D eigenvalue weighted by Gasteiger charge is -2.23. The zero-order chi connectivity index (χ0) is 11.0. The summed E-state index contributed by atoms with van der Waals surface area (Å²) in [5.74, 6) is 0. The first kappa shape index (κ1) is 10.3. The van der Waals surface area contributed by atoms with Gasteiger partial charge in [0.15, 0.2) is 0 Å². The van der Waals surface area contributed by atoms with Gasteiger partial charge in [0.2, 0.25) is 0 Å². The first-order valence-corrected chi connectivity index (χ1v) is 6.48. The van der Waals surface area contributed by atoms with Crippen LogP contribution in [0, 0.1) is 6.92 Å². The van der Waals surface area contributed by atoms with Crippen molar-refractivity contribution >= 4 is 21.4 Å². The van der Waals surface area contributed by atoms with Gasteiger partial charge in [-0.3, -0.25) is 0 Å². The average Bonchev–Trinajstić information content (AvgIpc) is 2.69. The van der Waals surface area contributed by atoms with Gasteiger partial charge < -0.3 is 10.1 Å². The molecule has 84 valence electrons. The summed E-state index contributed by atoms with van der Waals surface area (Å²) < 4.78 is 7.19. The van der Waals surface area contributed by atoms with Gasteiger partial charge in [0.1, 0.15) is 6.10 Å². The Hall–Kier alpha value is -0.900. The Morgan fingerprint density at radius 3 is 3.00 bits per heavy atom. The number of benzene rings is 1. The van der Waals surface area contributed by atoms with E-state index >= 15 is 0 Å². The molecule has 2 aromatic rings. The Balaban J connectivity index is 2.05. The summed E-state index contributed by atoms with van der Waals surface area (Å²) in [4.78, 5) is 1.38. The van der Waals surface area contributed by atoms with Crippen LogP contribution in [0.1, 0.15) is 16.5 Å². The molecule has 0 aliphatic carbocycles. The molecule has 1 N–H and O–H groups in total. The molecule has 1 aliphatic heterocycles. The van der Waals surface area contributed by atoms with Gasteiger partial charge in [-0.15, -0.1) is 11.3 Å². The predicted octanol–water partition coefficient (Wildman–Crippen LogP) is 2.87. The van der Waals surface area contributed by atoms with Gasteiger partial charge in [0, 0.05) is 22.7 Å². The maximum absolute atomic E-state index is 5.82. The van der Waals surface area contributed by atoms with Crippen molar-refractivity contribution in [3.8, 4) is 0 Å². The Morgan fingerprint density at radius 1 is 1.38 bits per heavy atom. The van der Waals surface area contributed by atoms with Crippen LogP contribution >= 0.6 is 11.3 Å². The number of nitrogens with one attached hydrogen (secondary N) is 1. The monoisotopic (exact) mass is 233 g/mol. The van der Waals surface area contributed by atoms with E-state index in [0.717, 1.165) is 19.7 Å². The number of hydrogen-bond acceptors (Lipinski definition) is 3. The SMILES string of the molecule is Cc1c(C2CNCCO2)sc2ccccc12. The topological polar surface area (TPSA) is 21.3 Å². The molecule has 16 heavy (non-hydrogen) atoms. The maximum Gasteiger partial charge on any atom is 0.104 e. The van der Waals surface area contributed by atoms with Crippen LogP contribution in [0.5, 0.6) is 0 Å². The van der Waals surface area contributed by atoms with Crippen LogP contribution in [0.2, 0.25) is 0 Å². The Labute approximate surface area is 99.2 Å². The van der Waals surface area contributed by atoms with E-state index in [9.17, 15) is 0 Å². The summed E-state index contributed by atoms with van der Waals surface area (Å²) in [6.07, 6.45) is 0.242. The van der Waals surface area contributed by atoms with Gasteiger partial charge in [0.25, 0.3) is 0 Å². The summed E-state index contributed by atoms with van der Waals surface area (Å²) in [7, 11) is 0. The number of morpholine rings is 1. The number of fused-ring (bicyclic) bond motifs is 1. The third-order valence-electron chi connectivity index (χ3n) is 3.10. The van der Waals surface area contributed by atoms with Crippen molar-refractivity contribution in [1.82, 2.24) is 5.32 Å². The number of rotatable bonds is 1. The minimum Gasteiger partial charge on any atom is -0.370 e. The minimum absolute atomic E-state index is 0.242. The van der Waals surface area contributed by atoms with Crippen molar-refractivity contribution in [1.29, 1.82) is 0 Å². The van der Waals surface area contributed by atoms with Crippen LogP contribution in [0.25, 0.3) is 10.1 Å². The highest BCUT2D eigenvalue weighted by Crippen LogP contribution is 2.36. The van der Waals surface area contributed by atoms with Gasteiger partial charge in [-0.1, -0.05) is 18.2 Å². The second-order valence-electron chi connectivity index (χ2n) is 4.15. The average molecular weight is 233 g/mol. The lowest BCUT2D eigenvalue weighted by molar-refractivity contribution is 0.0297. The third kappa shape index (κ3) is 1.65. The van der Waals surface area contributed by atoms with Gasteiger partial charge >= 0.3 is 0 Å². The molecular formula is C13H15NOS. The Morgan fingerprint density at radius 2 is 2.25 bits per heavy atom. The van der Waals surface area contributed by atoms with Crippen molar-refractivity contribution in [3.63, 3.8) is 0 Å². The molecule has 1 aromatic carbocycles. The molecule has 1 atom stereocenters. The fourth-order valence-electron chi connectivity index (χ4n) is 2.23. The molecule has 1 aliphatic rings. The van der Waals surface area contributed by atoms with E-state index in [4.69, 9.17) is 4.74 Å². The second kappa shape index (κ2) is 4.17. The number of thiophene rings is 1. The molecule has 0 radical (unpaired) electrons. The second-order valence-corrected chi connectivity index (χ2v) is 5.23. The van der Waals surface area contributed by atoms with Crippen LogP contribution in [-0.2, 0) is 4.74 Å². The minimum atomic E-state index is 0.242. The Bertz CT molecular complexity index is 500.